The summed E-state index contributed by atoms with van der Waals surface area (Å²) in [6.07, 6.45) is -3.59. The van der Waals surface area contributed by atoms with Crippen LogP contribution in [-0.4, -0.2) is 36.1 Å². The summed E-state index contributed by atoms with van der Waals surface area (Å²) in [6, 6.07) is 5.88. The summed E-state index contributed by atoms with van der Waals surface area (Å²) in [4.78, 5) is 4.28. The third-order valence-electron chi connectivity index (χ3n) is 3.85. The van der Waals surface area contributed by atoms with Gasteiger partial charge in [-0.2, -0.15) is 0 Å². The molecule has 3 N–H and O–H groups in total. The Morgan fingerprint density at radius 2 is 1.76 bits per heavy atom. The lowest BCUT2D eigenvalue weighted by Crippen LogP contribution is -2.46. The zero-order chi connectivity index (χ0) is 18.9. The van der Waals surface area contributed by atoms with E-state index in [4.69, 9.17) is 0 Å². The fraction of sp³-hybridized carbons (Fsp3) is 0.588. The average molecular weight is 361 g/mol. The molecule has 0 radical (unpaired) electrons. The van der Waals surface area contributed by atoms with Gasteiger partial charge in [-0.1, -0.05) is 32.0 Å². The number of hydrogen-bond acceptors (Lipinski definition) is 3. The predicted molar refractivity (Wildman–Crippen MR) is 91.5 cm³/mol. The Morgan fingerprint density at radius 3 is 2.32 bits per heavy atom. The second-order valence-electron chi connectivity index (χ2n) is 5.64. The van der Waals surface area contributed by atoms with Crippen LogP contribution in [0.1, 0.15) is 39.2 Å². The van der Waals surface area contributed by atoms with E-state index in [0.29, 0.717) is 37.5 Å². The topological polar surface area (TPSA) is 65.9 Å². The van der Waals surface area contributed by atoms with E-state index in [1.807, 2.05) is 20.8 Å². The van der Waals surface area contributed by atoms with E-state index in [9.17, 15) is 18.3 Å². The standard InChI is InChI=1S/C17H26F3N3O2/c1-4-16(24,5-2)12-23-15(21-6-3)22-11-13-9-7-8-10-14(13)25-17(18,19)20/h7-10,24H,4-6,11-12H2,1-3H3,(H2,21,22,23). The van der Waals surface area contributed by atoms with Crippen molar-refractivity contribution < 1.29 is 23.0 Å². The molecule has 0 aliphatic heterocycles. The van der Waals surface area contributed by atoms with E-state index >= 15 is 0 Å². The normalized spacial score (nSPS) is 12.8. The fourth-order valence-electron chi connectivity index (χ4n) is 2.11. The molecule has 0 aliphatic rings. The monoisotopic (exact) mass is 361 g/mol. The highest BCUT2D eigenvalue weighted by molar-refractivity contribution is 5.79. The first-order valence-corrected chi connectivity index (χ1v) is 8.31. The van der Waals surface area contributed by atoms with Crippen molar-refractivity contribution in [2.45, 2.75) is 52.1 Å². The molecule has 0 aliphatic carbocycles. The van der Waals surface area contributed by atoms with Crippen molar-refractivity contribution in [3.8, 4) is 5.75 Å². The number of benzene rings is 1. The molecule has 0 bridgehead atoms. The molecule has 1 aromatic rings. The number of halogens is 3. The second kappa shape index (κ2) is 9.50. The van der Waals surface area contributed by atoms with Gasteiger partial charge in [0, 0.05) is 18.7 Å². The molecule has 0 aromatic heterocycles. The molecule has 0 fully saturated rings. The minimum absolute atomic E-state index is 0.0122. The van der Waals surface area contributed by atoms with Crippen LogP contribution in [0.3, 0.4) is 0 Å². The zero-order valence-corrected chi connectivity index (χ0v) is 14.8. The number of hydrogen-bond donors (Lipinski definition) is 3. The van der Waals surface area contributed by atoms with Gasteiger partial charge in [-0.05, 0) is 25.8 Å². The van der Waals surface area contributed by atoms with Crippen LogP contribution in [0, 0.1) is 0 Å². The number of nitrogens with zero attached hydrogens (tertiary/aromatic N) is 1. The van der Waals surface area contributed by atoms with E-state index in [1.165, 1.54) is 18.2 Å². The Morgan fingerprint density at radius 1 is 1.12 bits per heavy atom. The first-order valence-electron chi connectivity index (χ1n) is 8.31. The maximum Gasteiger partial charge on any atom is 0.573 e. The molecule has 0 unspecified atom stereocenters. The van der Waals surface area contributed by atoms with Crippen LogP contribution >= 0.6 is 0 Å². The molecule has 0 spiro atoms. The summed E-state index contributed by atoms with van der Waals surface area (Å²) in [5.41, 5.74) is -0.536. The number of para-hydroxylation sites is 1. The molecule has 0 atom stereocenters. The van der Waals surface area contributed by atoms with E-state index in [1.54, 1.807) is 6.07 Å². The van der Waals surface area contributed by atoms with Crippen LogP contribution in [0.4, 0.5) is 13.2 Å². The van der Waals surface area contributed by atoms with Crippen molar-refractivity contribution in [1.29, 1.82) is 0 Å². The van der Waals surface area contributed by atoms with Gasteiger partial charge in [0.05, 0.1) is 12.1 Å². The molecule has 0 saturated heterocycles. The molecule has 0 saturated carbocycles. The van der Waals surface area contributed by atoms with Gasteiger partial charge in [-0.3, -0.25) is 0 Å². The quantitative estimate of drug-likeness (QED) is 0.491. The number of guanidine groups is 1. The molecular weight excluding hydrogens is 335 g/mol. The summed E-state index contributed by atoms with van der Waals surface area (Å²) in [7, 11) is 0. The number of ether oxygens (including phenoxy) is 1. The van der Waals surface area contributed by atoms with Crippen molar-refractivity contribution in [2.75, 3.05) is 13.1 Å². The van der Waals surface area contributed by atoms with Gasteiger partial charge in [0.1, 0.15) is 5.75 Å². The largest absolute Gasteiger partial charge is 0.573 e. The Hall–Kier alpha value is -1.96. The van der Waals surface area contributed by atoms with Crippen LogP contribution in [0.5, 0.6) is 5.75 Å². The third-order valence-corrected chi connectivity index (χ3v) is 3.85. The van der Waals surface area contributed by atoms with Gasteiger partial charge in [-0.15, -0.1) is 13.2 Å². The lowest BCUT2D eigenvalue weighted by molar-refractivity contribution is -0.274. The molecule has 0 heterocycles. The van der Waals surface area contributed by atoms with E-state index in [0.717, 1.165) is 0 Å². The van der Waals surface area contributed by atoms with Crippen LogP contribution in [0.25, 0.3) is 0 Å². The van der Waals surface area contributed by atoms with E-state index in [-0.39, 0.29) is 12.3 Å². The third kappa shape index (κ3) is 7.64. The number of aliphatic hydroxyl groups is 1. The van der Waals surface area contributed by atoms with Crippen molar-refractivity contribution in [2.24, 2.45) is 4.99 Å². The highest BCUT2D eigenvalue weighted by Gasteiger charge is 2.32. The first kappa shape index (κ1) is 21.1. The van der Waals surface area contributed by atoms with Crippen molar-refractivity contribution >= 4 is 5.96 Å². The van der Waals surface area contributed by atoms with Crippen LogP contribution < -0.4 is 15.4 Å². The van der Waals surface area contributed by atoms with E-state index < -0.39 is 12.0 Å². The Kier molecular flexibility index (Phi) is 8.02. The van der Waals surface area contributed by atoms with E-state index in [2.05, 4.69) is 20.4 Å². The van der Waals surface area contributed by atoms with Crippen LogP contribution in [-0.2, 0) is 6.54 Å². The Bertz CT molecular complexity index is 558. The van der Waals surface area contributed by atoms with Crippen molar-refractivity contribution in [3.63, 3.8) is 0 Å². The first-order chi connectivity index (χ1) is 11.7. The number of alkyl halides is 3. The highest BCUT2D eigenvalue weighted by atomic mass is 19.4. The minimum atomic E-state index is -4.75. The SMILES string of the molecule is CCNC(=NCc1ccccc1OC(F)(F)F)NCC(O)(CC)CC. The summed E-state index contributed by atoms with van der Waals surface area (Å²) in [6.45, 7) is 6.55. The number of nitrogens with one attached hydrogen (secondary N) is 2. The summed E-state index contributed by atoms with van der Waals surface area (Å²) in [5, 5.41) is 16.3. The number of rotatable bonds is 8. The smallest absolute Gasteiger partial charge is 0.405 e. The summed E-state index contributed by atoms with van der Waals surface area (Å²) >= 11 is 0. The Balaban J connectivity index is 2.84. The molecule has 8 heteroatoms. The van der Waals surface area contributed by atoms with Gasteiger partial charge in [0.2, 0.25) is 0 Å². The highest BCUT2D eigenvalue weighted by Crippen LogP contribution is 2.26. The average Bonchev–Trinajstić information content (AvgIpc) is 2.57. The zero-order valence-electron chi connectivity index (χ0n) is 14.8. The lowest BCUT2D eigenvalue weighted by Gasteiger charge is -2.26. The number of aliphatic imine (C=N–C) groups is 1. The van der Waals surface area contributed by atoms with Gasteiger partial charge >= 0.3 is 6.36 Å². The molecule has 5 nitrogen and oxygen atoms in total. The maximum atomic E-state index is 12.5. The van der Waals surface area contributed by atoms with Crippen molar-refractivity contribution in [3.05, 3.63) is 29.8 Å². The predicted octanol–water partition coefficient (Wildman–Crippen LogP) is 3.19. The second-order valence-corrected chi connectivity index (χ2v) is 5.64. The van der Waals surface area contributed by atoms with Crippen molar-refractivity contribution in [1.82, 2.24) is 10.6 Å². The lowest BCUT2D eigenvalue weighted by atomic mass is 9.98. The summed E-state index contributed by atoms with van der Waals surface area (Å²) in [5.74, 6) is 0.151. The summed E-state index contributed by atoms with van der Waals surface area (Å²) < 4.78 is 41.4. The van der Waals surface area contributed by atoms with Crippen LogP contribution in [0.15, 0.2) is 29.3 Å². The Labute approximate surface area is 146 Å². The maximum absolute atomic E-state index is 12.5. The van der Waals surface area contributed by atoms with Gasteiger partial charge < -0.3 is 20.5 Å². The molecule has 25 heavy (non-hydrogen) atoms. The van der Waals surface area contributed by atoms with Crippen LogP contribution in [0.2, 0.25) is 0 Å². The molecule has 1 aromatic carbocycles. The molecular formula is C17H26F3N3O2. The molecule has 142 valence electrons. The van der Waals surface area contributed by atoms with Gasteiger partial charge in [0.15, 0.2) is 5.96 Å². The minimum Gasteiger partial charge on any atom is -0.405 e. The van der Waals surface area contributed by atoms with Gasteiger partial charge in [0.25, 0.3) is 0 Å². The van der Waals surface area contributed by atoms with Gasteiger partial charge in [-0.25, -0.2) is 4.99 Å². The molecule has 1 rings (SSSR count). The molecule has 0 amide bonds. The fourth-order valence-corrected chi connectivity index (χ4v) is 2.11.